The maximum absolute atomic E-state index is 13.0. The van der Waals surface area contributed by atoms with Gasteiger partial charge in [-0.25, -0.2) is 4.39 Å². The highest BCUT2D eigenvalue weighted by Crippen LogP contribution is 2.17. The summed E-state index contributed by atoms with van der Waals surface area (Å²) in [4.78, 5) is 12.1. The van der Waals surface area contributed by atoms with Gasteiger partial charge in [0.15, 0.2) is 0 Å². The Morgan fingerprint density at radius 1 is 1.11 bits per heavy atom. The van der Waals surface area contributed by atoms with E-state index in [1.165, 1.54) is 12.1 Å². The molecule has 2 rings (SSSR count). The van der Waals surface area contributed by atoms with E-state index in [1.54, 1.807) is 18.2 Å². The van der Waals surface area contributed by atoms with Crippen LogP contribution in [0.5, 0.6) is 0 Å². The molecule has 1 amide bonds. The SMILES string of the molecule is CNc1ccc(C(=O)Nc2cccc(F)c2)c(C)c1. The number of hydrogen-bond acceptors (Lipinski definition) is 2. The van der Waals surface area contributed by atoms with Gasteiger partial charge in [0.2, 0.25) is 0 Å². The van der Waals surface area contributed by atoms with Crippen LogP contribution in [0, 0.1) is 12.7 Å². The average Bonchev–Trinajstić information content (AvgIpc) is 2.38. The van der Waals surface area contributed by atoms with E-state index >= 15 is 0 Å². The Hall–Kier alpha value is -2.36. The van der Waals surface area contributed by atoms with Gasteiger partial charge in [0.25, 0.3) is 5.91 Å². The number of amides is 1. The fourth-order valence-electron chi connectivity index (χ4n) is 1.84. The monoisotopic (exact) mass is 258 g/mol. The van der Waals surface area contributed by atoms with Gasteiger partial charge in [-0.15, -0.1) is 0 Å². The molecular formula is C15H15FN2O. The number of anilines is 2. The zero-order chi connectivity index (χ0) is 13.8. The molecule has 0 aromatic heterocycles. The van der Waals surface area contributed by atoms with Crippen LogP contribution in [-0.4, -0.2) is 13.0 Å². The molecule has 0 saturated heterocycles. The fourth-order valence-corrected chi connectivity index (χ4v) is 1.84. The molecule has 0 unspecified atom stereocenters. The summed E-state index contributed by atoms with van der Waals surface area (Å²) in [5, 5.41) is 5.69. The Kier molecular flexibility index (Phi) is 3.80. The minimum Gasteiger partial charge on any atom is -0.388 e. The minimum absolute atomic E-state index is 0.245. The summed E-state index contributed by atoms with van der Waals surface area (Å²) in [5.41, 5.74) is 2.82. The van der Waals surface area contributed by atoms with Gasteiger partial charge < -0.3 is 10.6 Å². The van der Waals surface area contributed by atoms with Crippen LogP contribution in [-0.2, 0) is 0 Å². The highest BCUT2D eigenvalue weighted by molar-refractivity contribution is 6.05. The molecule has 0 radical (unpaired) electrons. The van der Waals surface area contributed by atoms with E-state index < -0.39 is 0 Å². The molecule has 4 heteroatoms. The van der Waals surface area contributed by atoms with Crippen LogP contribution in [0.3, 0.4) is 0 Å². The zero-order valence-electron chi connectivity index (χ0n) is 10.8. The second kappa shape index (κ2) is 5.52. The fraction of sp³-hybridized carbons (Fsp3) is 0.133. The van der Waals surface area contributed by atoms with Crippen molar-refractivity contribution in [2.24, 2.45) is 0 Å². The molecule has 0 aliphatic rings. The quantitative estimate of drug-likeness (QED) is 0.885. The Labute approximate surface area is 111 Å². The van der Waals surface area contributed by atoms with Crippen molar-refractivity contribution in [3.05, 3.63) is 59.4 Å². The smallest absolute Gasteiger partial charge is 0.255 e. The summed E-state index contributed by atoms with van der Waals surface area (Å²) in [5.74, 6) is -0.620. The van der Waals surface area contributed by atoms with Gasteiger partial charge >= 0.3 is 0 Å². The summed E-state index contributed by atoms with van der Waals surface area (Å²) in [6, 6.07) is 11.3. The van der Waals surface area contributed by atoms with Gasteiger partial charge in [-0.3, -0.25) is 4.79 Å². The highest BCUT2D eigenvalue weighted by Gasteiger charge is 2.09. The predicted molar refractivity (Wildman–Crippen MR) is 75.1 cm³/mol. The number of benzene rings is 2. The van der Waals surface area contributed by atoms with Crippen LogP contribution in [0.4, 0.5) is 15.8 Å². The summed E-state index contributed by atoms with van der Waals surface area (Å²) in [6.07, 6.45) is 0. The van der Waals surface area contributed by atoms with Crippen molar-refractivity contribution in [1.82, 2.24) is 0 Å². The second-order valence-corrected chi connectivity index (χ2v) is 4.24. The lowest BCUT2D eigenvalue weighted by molar-refractivity contribution is 0.102. The maximum Gasteiger partial charge on any atom is 0.255 e. The summed E-state index contributed by atoms with van der Waals surface area (Å²) in [7, 11) is 1.82. The molecule has 0 aliphatic heterocycles. The van der Waals surface area contributed by atoms with E-state index in [0.717, 1.165) is 11.3 Å². The molecule has 3 nitrogen and oxygen atoms in total. The molecule has 19 heavy (non-hydrogen) atoms. The van der Waals surface area contributed by atoms with Crippen LogP contribution in [0.15, 0.2) is 42.5 Å². The zero-order valence-corrected chi connectivity index (χ0v) is 10.8. The molecule has 2 N–H and O–H groups in total. The molecule has 0 saturated carbocycles. The number of hydrogen-bond donors (Lipinski definition) is 2. The van der Waals surface area contributed by atoms with Crippen LogP contribution < -0.4 is 10.6 Å². The summed E-state index contributed by atoms with van der Waals surface area (Å²) < 4.78 is 13.0. The van der Waals surface area contributed by atoms with Crippen molar-refractivity contribution in [2.75, 3.05) is 17.7 Å². The standard InChI is InChI=1S/C15H15FN2O/c1-10-8-12(17-2)6-7-14(10)15(19)18-13-5-3-4-11(16)9-13/h3-9,17H,1-2H3,(H,18,19). The third-order valence-electron chi connectivity index (χ3n) is 2.84. The highest BCUT2D eigenvalue weighted by atomic mass is 19.1. The molecule has 0 aliphatic carbocycles. The van der Waals surface area contributed by atoms with Gasteiger partial charge in [-0.1, -0.05) is 6.07 Å². The molecule has 98 valence electrons. The van der Waals surface area contributed by atoms with E-state index in [2.05, 4.69) is 10.6 Å². The third kappa shape index (κ3) is 3.10. The third-order valence-corrected chi connectivity index (χ3v) is 2.84. The van der Waals surface area contributed by atoms with E-state index in [1.807, 2.05) is 26.1 Å². The normalized spacial score (nSPS) is 10.1. The number of carbonyl (C=O) groups is 1. The van der Waals surface area contributed by atoms with Gasteiger partial charge in [0.1, 0.15) is 5.82 Å². The predicted octanol–water partition coefficient (Wildman–Crippen LogP) is 3.43. The molecule has 0 atom stereocenters. The first-order chi connectivity index (χ1) is 9.10. The van der Waals surface area contributed by atoms with Crippen molar-refractivity contribution in [2.45, 2.75) is 6.92 Å². The Bertz CT molecular complexity index is 611. The topological polar surface area (TPSA) is 41.1 Å². The second-order valence-electron chi connectivity index (χ2n) is 4.24. The van der Waals surface area contributed by atoms with E-state index in [4.69, 9.17) is 0 Å². The first-order valence-corrected chi connectivity index (χ1v) is 5.95. The number of halogens is 1. The summed E-state index contributed by atoms with van der Waals surface area (Å²) in [6.45, 7) is 1.86. The lowest BCUT2D eigenvalue weighted by Crippen LogP contribution is -2.13. The first kappa shape index (κ1) is 13.1. The first-order valence-electron chi connectivity index (χ1n) is 5.95. The number of rotatable bonds is 3. The van der Waals surface area contributed by atoms with Crippen molar-refractivity contribution in [1.29, 1.82) is 0 Å². The maximum atomic E-state index is 13.0. The number of aryl methyl sites for hydroxylation is 1. The van der Waals surface area contributed by atoms with E-state index in [9.17, 15) is 9.18 Å². The van der Waals surface area contributed by atoms with E-state index in [-0.39, 0.29) is 11.7 Å². The molecule has 2 aromatic carbocycles. The molecule has 2 aromatic rings. The lowest BCUT2D eigenvalue weighted by atomic mass is 10.1. The van der Waals surface area contributed by atoms with Crippen LogP contribution in [0.1, 0.15) is 15.9 Å². The number of carbonyl (C=O) groups excluding carboxylic acids is 1. The van der Waals surface area contributed by atoms with Crippen LogP contribution in [0.25, 0.3) is 0 Å². The van der Waals surface area contributed by atoms with E-state index in [0.29, 0.717) is 11.3 Å². The number of nitrogens with one attached hydrogen (secondary N) is 2. The molecule has 0 spiro atoms. The molecule has 0 fully saturated rings. The molecule has 0 heterocycles. The molecule has 0 bridgehead atoms. The van der Waals surface area contributed by atoms with Gasteiger partial charge in [-0.2, -0.15) is 0 Å². The van der Waals surface area contributed by atoms with Gasteiger partial charge in [0, 0.05) is 24.0 Å². The Morgan fingerprint density at radius 3 is 2.53 bits per heavy atom. The van der Waals surface area contributed by atoms with Gasteiger partial charge in [0.05, 0.1) is 0 Å². The minimum atomic E-state index is -0.375. The van der Waals surface area contributed by atoms with Crippen molar-refractivity contribution in [3.63, 3.8) is 0 Å². The van der Waals surface area contributed by atoms with Crippen molar-refractivity contribution < 1.29 is 9.18 Å². The van der Waals surface area contributed by atoms with Crippen molar-refractivity contribution in [3.8, 4) is 0 Å². The lowest BCUT2D eigenvalue weighted by Gasteiger charge is -2.09. The Balaban J connectivity index is 2.20. The largest absolute Gasteiger partial charge is 0.388 e. The van der Waals surface area contributed by atoms with Gasteiger partial charge in [-0.05, 0) is 48.9 Å². The summed E-state index contributed by atoms with van der Waals surface area (Å²) >= 11 is 0. The molecular weight excluding hydrogens is 243 g/mol. The van der Waals surface area contributed by atoms with Crippen molar-refractivity contribution >= 4 is 17.3 Å². The van der Waals surface area contributed by atoms with Crippen LogP contribution >= 0.6 is 0 Å². The average molecular weight is 258 g/mol. The van der Waals surface area contributed by atoms with Crippen LogP contribution in [0.2, 0.25) is 0 Å². The Morgan fingerprint density at radius 2 is 1.89 bits per heavy atom.